The molecule has 0 bridgehead atoms. The maximum atomic E-state index is 12.5. The van der Waals surface area contributed by atoms with Gasteiger partial charge in [0.15, 0.2) is 0 Å². The van der Waals surface area contributed by atoms with Crippen LogP contribution in [0, 0.1) is 0 Å². The van der Waals surface area contributed by atoms with E-state index in [-0.39, 0.29) is 11.9 Å². The van der Waals surface area contributed by atoms with E-state index in [0.29, 0.717) is 5.56 Å². The number of benzene rings is 3. The monoisotopic (exact) mass is 341 g/mol. The largest absolute Gasteiger partial charge is 0.346 e. The maximum Gasteiger partial charge on any atom is 0.251 e. The van der Waals surface area contributed by atoms with Crippen LogP contribution in [0.25, 0.3) is 16.7 Å². The lowest BCUT2D eigenvalue weighted by Gasteiger charge is -2.14. The first-order valence-electron chi connectivity index (χ1n) is 8.61. The van der Waals surface area contributed by atoms with Crippen molar-refractivity contribution in [1.29, 1.82) is 0 Å². The second-order valence-corrected chi connectivity index (χ2v) is 6.26. The van der Waals surface area contributed by atoms with Gasteiger partial charge in [0.05, 0.1) is 17.1 Å². The lowest BCUT2D eigenvalue weighted by Crippen LogP contribution is -2.26. The molecule has 4 aromatic rings. The van der Waals surface area contributed by atoms with Crippen molar-refractivity contribution < 1.29 is 4.79 Å². The number of para-hydroxylation sites is 2. The van der Waals surface area contributed by atoms with E-state index < -0.39 is 0 Å². The molecule has 4 heteroatoms. The molecule has 1 N–H and O–H groups in total. The summed E-state index contributed by atoms with van der Waals surface area (Å²) in [4.78, 5) is 16.9. The molecule has 0 radical (unpaired) electrons. The summed E-state index contributed by atoms with van der Waals surface area (Å²) in [6.45, 7) is 1.99. The zero-order chi connectivity index (χ0) is 17.9. The number of carbonyl (C=O) groups excluding carboxylic acids is 1. The Morgan fingerprint density at radius 1 is 0.923 bits per heavy atom. The molecule has 1 amide bonds. The van der Waals surface area contributed by atoms with Crippen molar-refractivity contribution in [3.8, 4) is 5.69 Å². The van der Waals surface area contributed by atoms with Crippen LogP contribution in [-0.4, -0.2) is 15.5 Å². The minimum absolute atomic E-state index is 0.0408. The summed E-state index contributed by atoms with van der Waals surface area (Å²) >= 11 is 0. The van der Waals surface area contributed by atoms with E-state index in [1.807, 2.05) is 90.4 Å². The van der Waals surface area contributed by atoms with Crippen LogP contribution in [0.2, 0.25) is 0 Å². The fourth-order valence-corrected chi connectivity index (χ4v) is 3.04. The number of amides is 1. The van der Waals surface area contributed by atoms with Crippen molar-refractivity contribution in [2.24, 2.45) is 0 Å². The van der Waals surface area contributed by atoms with Gasteiger partial charge in [-0.25, -0.2) is 4.98 Å². The van der Waals surface area contributed by atoms with Gasteiger partial charge in [-0.15, -0.1) is 0 Å². The molecule has 0 unspecified atom stereocenters. The minimum atomic E-state index is -0.0802. The summed E-state index contributed by atoms with van der Waals surface area (Å²) in [6.07, 6.45) is 1.80. The molecule has 0 aliphatic carbocycles. The number of aromatic nitrogens is 2. The quantitative estimate of drug-likeness (QED) is 0.593. The van der Waals surface area contributed by atoms with Crippen molar-refractivity contribution in [3.63, 3.8) is 0 Å². The zero-order valence-electron chi connectivity index (χ0n) is 14.5. The molecule has 128 valence electrons. The van der Waals surface area contributed by atoms with Crippen LogP contribution in [0.5, 0.6) is 0 Å². The van der Waals surface area contributed by atoms with Gasteiger partial charge in [-0.3, -0.25) is 9.36 Å². The van der Waals surface area contributed by atoms with Crippen LogP contribution in [0.4, 0.5) is 0 Å². The molecule has 4 rings (SSSR count). The second-order valence-electron chi connectivity index (χ2n) is 6.26. The van der Waals surface area contributed by atoms with E-state index in [9.17, 15) is 4.79 Å². The Hall–Kier alpha value is -3.40. The number of rotatable bonds is 4. The number of nitrogens with zero attached hydrogens (tertiary/aromatic N) is 2. The molecular formula is C22H19N3O. The molecule has 26 heavy (non-hydrogen) atoms. The normalized spacial score (nSPS) is 12.0. The summed E-state index contributed by atoms with van der Waals surface area (Å²) < 4.78 is 2.02. The standard InChI is InChI=1S/C22H19N3O/c1-16(17-7-3-2-4-8-17)24-22(26)18-11-13-19(14-12-18)25-15-23-20-9-5-6-10-21(20)25/h2-16H,1H3,(H,24,26)/t16-/m1/s1. The minimum Gasteiger partial charge on any atom is -0.346 e. The van der Waals surface area contributed by atoms with E-state index in [2.05, 4.69) is 10.3 Å². The molecule has 0 saturated heterocycles. The Labute approximate surface area is 152 Å². The molecule has 0 saturated carbocycles. The van der Waals surface area contributed by atoms with Crippen LogP contribution in [0.3, 0.4) is 0 Å². The number of carbonyl (C=O) groups is 1. The van der Waals surface area contributed by atoms with Crippen molar-refractivity contribution in [3.05, 3.63) is 96.3 Å². The first-order chi connectivity index (χ1) is 12.7. The van der Waals surface area contributed by atoms with Crippen molar-refractivity contribution >= 4 is 16.9 Å². The summed E-state index contributed by atoms with van der Waals surface area (Å²) in [5.74, 6) is -0.0802. The third-order valence-corrected chi connectivity index (χ3v) is 4.51. The summed E-state index contributed by atoms with van der Waals surface area (Å²) in [6, 6.07) is 25.5. The lowest BCUT2D eigenvalue weighted by molar-refractivity contribution is 0.0940. The predicted molar refractivity (Wildman–Crippen MR) is 103 cm³/mol. The highest BCUT2D eigenvalue weighted by Crippen LogP contribution is 2.19. The van der Waals surface area contributed by atoms with Crippen LogP contribution in [0.1, 0.15) is 28.9 Å². The van der Waals surface area contributed by atoms with Gasteiger partial charge in [-0.2, -0.15) is 0 Å². The average molecular weight is 341 g/mol. The number of hydrogen-bond acceptors (Lipinski definition) is 2. The fraction of sp³-hybridized carbons (Fsp3) is 0.0909. The molecule has 1 heterocycles. The van der Waals surface area contributed by atoms with Gasteiger partial charge >= 0.3 is 0 Å². The van der Waals surface area contributed by atoms with Crippen LogP contribution in [-0.2, 0) is 0 Å². The molecule has 1 atom stereocenters. The van der Waals surface area contributed by atoms with Crippen molar-refractivity contribution in [1.82, 2.24) is 14.9 Å². The van der Waals surface area contributed by atoms with E-state index in [4.69, 9.17) is 0 Å². The molecule has 4 nitrogen and oxygen atoms in total. The SMILES string of the molecule is C[C@@H](NC(=O)c1ccc(-n2cnc3ccccc32)cc1)c1ccccc1. The van der Waals surface area contributed by atoms with Gasteiger partial charge in [-0.1, -0.05) is 42.5 Å². The van der Waals surface area contributed by atoms with Crippen LogP contribution < -0.4 is 5.32 Å². The van der Waals surface area contributed by atoms with Gasteiger partial charge < -0.3 is 5.32 Å². The number of fused-ring (bicyclic) bond motifs is 1. The van der Waals surface area contributed by atoms with E-state index >= 15 is 0 Å². The van der Waals surface area contributed by atoms with E-state index in [0.717, 1.165) is 22.3 Å². The van der Waals surface area contributed by atoms with Crippen molar-refractivity contribution in [2.45, 2.75) is 13.0 Å². The van der Waals surface area contributed by atoms with Gasteiger partial charge in [0, 0.05) is 11.3 Å². The predicted octanol–water partition coefficient (Wildman–Crippen LogP) is 4.52. The lowest BCUT2D eigenvalue weighted by atomic mass is 10.1. The molecule has 1 aromatic heterocycles. The van der Waals surface area contributed by atoms with Crippen molar-refractivity contribution in [2.75, 3.05) is 0 Å². The Morgan fingerprint density at radius 2 is 1.62 bits per heavy atom. The molecule has 0 fully saturated rings. The third kappa shape index (κ3) is 3.09. The van der Waals surface area contributed by atoms with Crippen LogP contribution in [0.15, 0.2) is 85.2 Å². The summed E-state index contributed by atoms with van der Waals surface area (Å²) in [5, 5.41) is 3.04. The molecule has 3 aromatic carbocycles. The van der Waals surface area contributed by atoms with Gasteiger partial charge in [0.1, 0.15) is 6.33 Å². The highest BCUT2D eigenvalue weighted by Gasteiger charge is 2.11. The molecular weight excluding hydrogens is 322 g/mol. The van der Waals surface area contributed by atoms with Crippen LogP contribution >= 0.6 is 0 Å². The number of hydrogen-bond donors (Lipinski definition) is 1. The van der Waals surface area contributed by atoms with E-state index in [1.165, 1.54) is 0 Å². The highest BCUT2D eigenvalue weighted by molar-refractivity contribution is 5.94. The first-order valence-corrected chi connectivity index (χ1v) is 8.61. The Morgan fingerprint density at radius 3 is 2.38 bits per heavy atom. The third-order valence-electron chi connectivity index (χ3n) is 4.51. The van der Waals surface area contributed by atoms with E-state index in [1.54, 1.807) is 6.33 Å². The Bertz CT molecular complexity index is 1040. The fourth-order valence-electron chi connectivity index (χ4n) is 3.04. The van der Waals surface area contributed by atoms with Gasteiger partial charge in [-0.05, 0) is 48.9 Å². The Balaban J connectivity index is 1.53. The summed E-state index contributed by atoms with van der Waals surface area (Å²) in [7, 11) is 0. The smallest absolute Gasteiger partial charge is 0.251 e. The highest BCUT2D eigenvalue weighted by atomic mass is 16.1. The average Bonchev–Trinajstić information content (AvgIpc) is 3.13. The molecule has 0 aliphatic rings. The zero-order valence-corrected chi connectivity index (χ0v) is 14.5. The Kier molecular flexibility index (Phi) is 4.23. The van der Waals surface area contributed by atoms with Gasteiger partial charge in [0.25, 0.3) is 5.91 Å². The van der Waals surface area contributed by atoms with Gasteiger partial charge in [0.2, 0.25) is 0 Å². The number of imidazole rings is 1. The molecule has 0 spiro atoms. The topological polar surface area (TPSA) is 46.9 Å². The maximum absolute atomic E-state index is 12.5. The summed E-state index contributed by atoms with van der Waals surface area (Å²) in [5.41, 5.74) is 4.70. The molecule has 0 aliphatic heterocycles. The number of nitrogens with one attached hydrogen (secondary N) is 1. The second kappa shape index (κ2) is 6.84. The first kappa shape index (κ1) is 16.1.